The molecule has 1 atom stereocenters. The molecule has 0 bridgehead atoms. The Hall–Kier alpha value is -3.30. The van der Waals surface area contributed by atoms with E-state index in [4.69, 9.17) is 25.2 Å². The summed E-state index contributed by atoms with van der Waals surface area (Å²) in [5.74, 6) is -6.27. The molecule has 0 amide bonds. The van der Waals surface area contributed by atoms with Crippen molar-refractivity contribution in [2.75, 3.05) is 65.5 Å². The summed E-state index contributed by atoms with van der Waals surface area (Å²) < 4.78 is 5.29. The van der Waals surface area contributed by atoms with Gasteiger partial charge in [-0.15, -0.1) is 0 Å². The molecular formula is C22H38N4O11. The van der Waals surface area contributed by atoms with Gasteiger partial charge in [0.25, 0.3) is 0 Å². The highest BCUT2D eigenvalue weighted by Gasteiger charge is 2.27. The van der Waals surface area contributed by atoms with E-state index in [1.807, 2.05) is 0 Å². The van der Waals surface area contributed by atoms with Crippen molar-refractivity contribution in [3.63, 3.8) is 0 Å². The van der Waals surface area contributed by atoms with E-state index in [0.717, 1.165) is 29.1 Å². The van der Waals surface area contributed by atoms with Crippen LogP contribution >= 0.6 is 0 Å². The van der Waals surface area contributed by atoms with E-state index in [-0.39, 0.29) is 39.2 Å². The number of hydrogen-bond donors (Lipinski definition) is 5. The molecule has 0 rings (SSSR count). The molecule has 212 valence electrons. The van der Waals surface area contributed by atoms with Gasteiger partial charge in [-0.3, -0.25) is 43.7 Å². The first-order valence-electron chi connectivity index (χ1n) is 11.8. The number of nitrogens with zero attached hydrogens (tertiary/aromatic N) is 4. The Morgan fingerprint density at radius 3 is 1.59 bits per heavy atom. The summed E-state index contributed by atoms with van der Waals surface area (Å²) in [5.41, 5.74) is 0. The minimum atomic E-state index is -1.26. The van der Waals surface area contributed by atoms with Crippen molar-refractivity contribution in [3.8, 4) is 0 Å². The number of carbonyl (C=O) groups is 5. The van der Waals surface area contributed by atoms with E-state index >= 15 is 0 Å². The fourth-order valence-electron chi connectivity index (χ4n) is 3.41. The average molecular weight is 535 g/mol. The number of aliphatic carboxylic acids is 5. The van der Waals surface area contributed by atoms with Gasteiger partial charge in [-0.2, -0.15) is 0 Å². The van der Waals surface area contributed by atoms with Crippen LogP contribution in [0, 0.1) is 0 Å². The van der Waals surface area contributed by atoms with Crippen LogP contribution in [0.25, 0.3) is 0 Å². The molecule has 0 spiro atoms. The Morgan fingerprint density at radius 1 is 0.757 bits per heavy atom. The van der Waals surface area contributed by atoms with Crippen LogP contribution < -0.4 is 0 Å². The standard InChI is InChI=1S/C22H38N4O11/c1-2-3-4-6-23-16-37-11-5-17(22(35)36)26(9-7-24(12-18(27)28)13-19(29)30)10-8-25(14-20(31)32)15-21(33)34/h16-17H,2-15H2,1H3,(H,27,28)(H,29,30)(H,31,32)(H,33,34)(H,35,36)/t17-/m0/s1. The van der Waals surface area contributed by atoms with Crippen LogP contribution in [0.4, 0.5) is 0 Å². The first-order chi connectivity index (χ1) is 17.5. The summed E-state index contributed by atoms with van der Waals surface area (Å²) in [6.45, 7) is -0.0735. The zero-order valence-electron chi connectivity index (χ0n) is 21.0. The largest absolute Gasteiger partial charge is 0.483 e. The highest BCUT2D eigenvalue weighted by Crippen LogP contribution is 2.08. The number of carboxylic acid groups (broad SMARTS) is 5. The maximum absolute atomic E-state index is 12.0. The highest BCUT2D eigenvalue weighted by molar-refractivity contribution is 5.74. The van der Waals surface area contributed by atoms with Crippen LogP contribution in [0.5, 0.6) is 0 Å². The number of carboxylic acids is 5. The summed E-state index contributed by atoms with van der Waals surface area (Å²) in [4.78, 5) is 64.1. The monoisotopic (exact) mass is 534 g/mol. The van der Waals surface area contributed by atoms with E-state index in [1.165, 1.54) is 11.3 Å². The minimum absolute atomic E-state index is 0.00727. The van der Waals surface area contributed by atoms with E-state index in [2.05, 4.69) is 11.9 Å². The number of aliphatic imine (C=N–C) groups is 1. The summed E-state index contributed by atoms with van der Waals surface area (Å²) in [7, 11) is 0. The van der Waals surface area contributed by atoms with Crippen LogP contribution in [0.3, 0.4) is 0 Å². The maximum atomic E-state index is 12.0. The first kappa shape index (κ1) is 33.7. The zero-order chi connectivity index (χ0) is 28.2. The molecule has 0 aliphatic rings. The van der Waals surface area contributed by atoms with Crippen molar-refractivity contribution in [2.24, 2.45) is 4.99 Å². The Morgan fingerprint density at radius 2 is 1.22 bits per heavy atom. The Kier molecular flexibility index (Phi) is 18.1. The van der Waals surface area contributed by atoms with Crippen molar-refractivity contribution in [3.05, 3.63) is 0 Å². The second-order valence-corrected chi connectivity index (χ2v) is 8.26. The third-order valence-electron chi connectivity index (χ3n) is 5.12. The SMILES string of the molecule is CCCCCN=COCC[C@@H](C(=O)O)N(CCN(CC(=O)O)CC(=O)O)CCN(CC(=O)O)CC(=O)O. The lowest BCUT2D eigenvalue weighted by Crippen LogP contribution is -2.50. The molecule has 0 fully saturated rings. The predicted octanol–water partition coefficient (Wildman–Crippen LogP) is -0.691. The summed E-state index contributed by atoms with van der Waals surface area (Å²) >= 11 is 0. The molecule has 15 heteroatoms. The van der Waals surface area contributed by atoms with Crippen molar-refractivity contribution in [2.45, 2.75) is 38.6 Å². The van der Waals surface area contributed by atoms with E-state index in [0.29, 0.717) is 6.54 Å². The van der Waals surface area contributed by atoms with Crippen LogP contribution in [0.1, 0.15) is 32.6 Å². The van der Waals surface area contributed by atoms with Crippen molar-refractivity contribution >= 4 is 36.2 Å². The Labute approximate surface area is 214 Å². The fourth-order valence-corrected chi connectivity index (χ4v) is 3.41. The van der Waals surface area contributed by atoms with Gasteiger partial charge in [-0.05, 0) is 6.42 Å². The molecule has 5 N–H and O–H groups in total. The second-order valence-electron chi connectivity index (χ2n) is 8.26. The van der Waals surface area contributed by atoms with Gasteiger partial charge < -0.3 is 30.3 Å². The summed E-state index contributed by atoms with van der Waals surface area (Å²) in [5, 5.41) is 46.0. The van der Waals surface area contributed by atoms with Crippen molar-refractivity contribution in [1.82, 2.24) is 14.7 Å². The Balaban J connectivity index is 5.44. The number of ether oxygens (including phenoxy) is 1. The molecular weight excluding hydrogens is 496 g/mol. The topological polar surface area (TPSA) is 218 Å². The first-order valence-corrected chi connectivity index (χ1v) is 11.8. The third kappa shape index (κ3) is 18.6. The van der Waals surface area contributed by atoms with Crippen molar-refractivity contribution in [1.29, 1.82) is 0 Å². The highest BCUT2D eigenvalue weighted by atomic mass is 16.5. The number of rotatable bonds is 24. The molecule has 0 heterocycles. The number of hydrogen-bond acceptors (Lipinski definition) is 10. The van der Waals surface area contributed by atoms with Gasteiger partial charge >= 0.3 is 29.8 Å². The van der Waals surface area contributed by atoms with Crippen LogP contribution in [-0.2, 0) is 28.7 Å². The molecule has 0 aliphatic carbocycles. The molecule has 0 aromatic rings. The van der Waals surface area contributed by atoms with Gasteiger partial charge in [0.2, 0.25) is 0 Å². The molecule has 0 radical (unpaired) electrons. The molecule has 0 saturated heterocycles. The van der Waals surface area contributed by atoms with Crippen LogP contribution in [-0.4, -0.2) is 148 Å². The van der Waals surface area contributed by atoms with E-state index in [9.17, 15) is 29.1 Å². The van der Waals surface area contributed by atoms with E-state index < -0.39 is 62.1 Å². The lowest BCUT2D eigenvalue weighted by molar-refractivity contribution is -0.146. The van der Waals surface area contributed by atoms with Gasteiger partial charge in [0, 0.05) is 39.1 Å². The zero-order valence-corrected chi connectivity index (χ0v) is 21.0. The van der Waals surface area contributed by atoms with Gasteiger partial charge in [0.05, 0.1) is 32.8 Å². The number of unbranched alkanes of at least 4 members (excludes halogenated alkanes) is 2. The van der Waals surface area contributed by atoms with Crippen molar-refractivity contribution < 1.29 is 54.2 Å². The lowest BCUT2D eigenvalue weighted by Gasteiger charge is -2.32. The van der Waals surface area contributed by atoms with Gasteiger partial charge in [0.1, 0.15) is 6.04 Å². The average Bonchev–Trinajstić information content (AvgIpc) is 2.76. The smallest absolute Gasteiger partial charge is 0.321 e. The quantitative estimate of drug-likeness (QED) is 0.0588. The fraction of sp³-hybridized carbons (Fsp3) is 0.727. The van der Waals surface area contributed by atoms with E-state index in [1.54, 1.807) is 0 Å². The molecule has 37 heavy (non-hydrogen) atoms. The second kappa shape index (κ2) is 19.8. The molecule has 0 aromatic carbocycles. The molecule has 0 aromatic heterocycles. The molecule has 0 unspecified atom stereocenters. The normalized spacial score (nSPS) is 12.3. The molecule has 15 nitrogen and oxygen atoms in total. The van der Waals surface area contributed by atoms with Crippen LogP contribution in [0.2, 0.25) is 0 Å². The maximum Gasteiger partial charge on any atom is 0.321 e. The van der Waals surface area contributed by atoms with Gasteiger partial charge in [0.15, 0.2) is 6.40 Å². The summed E-state index contributed by atoms with van der Waals surface area (Å²) in [6.07, 6.45) is 4.20. The molecule has 0 aliphatic heterocycles. The lowest BCUT2D eigenvalue weighted by atomic mass is 10.1. The molecule has 0 saturated carbocycles. The van der Waals surface area contributed by atoms with Gasteiger partial charge in [-0.25, -0.2) is 0 Å². The van der Waals surface area contributed by atoms with Gasteiger partial charge in [-0.1, -0.05) is 19.8 Å². The minimum Gasteiger partial charge on any atom is -0.483 e. The Bertz CT molecular complexity index is 691. The summed E-state index contributed by atoms with van der Waals surface area (Å²) in [6, 6.07) is -1.15. The predicted molar refractivity (Wildman–Crippen MR) is 130 cm³/mol. The van der Waals surface area contributed by atoms with Crippen LogP contribution in [0.15, 0.2) is 4.99 Å². The third-order valence-corrected chi connectivity index (χ3v) is 5.12.